The van der Waals surface area contributed by atoms with E-state index in [4.69, 9.17) is 11.6 Å². The van der Waals surface area contributed by atoms with E-state index >= 15 is 0 Å². The van der Waals surface area contributed by atoms with Crippen molar-refractivity contribution in [1.82, 2.24) is 16.0 Å². The molecule has 0 heterocycles. The van der Waals surface area contributed by atoms with Crippen LogP contribution in [0.15, 0.2) is 48.5 Å². The maximum absolute atomic E-state index is 11.9. The molecule has 0 bridgehead atoms. The van der Waals surface area contributed by atoms with Gasteiger partial charge >= 0.3 is 0 Å². The summed E-state index contributed by atoms with van der Waals surface area (Å²) in [7, 11) is 1.56. The Morgan fingerprint density at radius 1 is 0.923 bits per heavy atom. The molecule has 3 amide bonds. The topological polar surface area (TPSA) is 87.3 Å². The van der Waals surface area contributed by atoms with Crippen LogP contribution >= 0.6 is 11.6 Å². The standard InChI is InChI=1S/C19H20ClN3O3/c1-21-18(25)15-4-2-3-13(11-15)12-23-17(24)9-10-22-19(26)14-5-7-16(20)8-6-14/h2-8,11H,9-10,12H2,1H3,(H,21,25)(H,22,26)(H,23,24). The van der Waals surface area contributed by atoms with Gasteiger partial charge in [0.15, 0.2) is 0 Å². The maximum atomic E-state index is 11.9. The van der Waals surface area contributed by atoms with Crippen LogP contribution < -0.4 is 16.0 Å². The minimum Gasteiger partial charge on any atom is -0.355 e. The lowest BCUT2D eigenvalue weighted by Gasteiger charge is -2.08. The number of carbonyl (C=O) groups excluding carboxylic acids is 3. The summed E-state index contributed by atoms with van der Waals surface area (Å²) >= 11 is 5.78. The fourth-order valence-electron chi connectivity index (χ4n) is 2.25. The quantitative estimate of drug-likeness (QED) is 0.694. The number of carbonyl (C=O) groups is 3. The summed E-state index contributed by atoms with van der Waals surface area (Å²) in [5, 5.41) is 8.56. The number of halogens is 1. The van der Waals surface area contributed by atoms with Gasteiger partial charge in [0.1, 0.15) is 0 Å². The third kappa shape index (κ3) is 5.89. The molecule has 136 valence electrons. The second kappa shape index (κ2) is 9.58. The molecule has 0 spiro atoms. The predicted octanol–water partition coefficient (Wildman–Crippen LogP) is 2.14. The van der Waals surface area contributed by atoms with Gasteiger partial charge in [-0.2, -0.15) is 0 Å². The molecular weight excluding hydrogens is 354 g/mol. The average molecular weight is 374 g/mol. The zero-order chi connectivity index (χ0) is 18.9. The summed E-state index contributed by atoms with van der Waals surface area (Å²) in [5.74, 6) is -0.623. The highest BCUT2D eigenvalue weighted by Crippen LogP contribution is 2.09. The van der Waals surface area contributed by atoms with Crippen molar-refractivity contribution >= 4 is 29.3 Å². The Hall–Kier alpha value is -2.86. The highest BCUT2D eigenvalue weighted by Gasteiger charge is 2.08. The van der Waals surface area contributed by atoms with Crippen LogP contribution in [0.5, 0.6) is 0 Å². The summed E-state index contributed by atoms with van der Waals surface area (Å²) in [6, 6.07) is 13.5. The summed E-state index contributed by atoms with van der Waals surface area (Å²) in [6.45, 7) is 0.542. The smallest absolute Gasteiger partial charge is 0.251 e. The first-order valence-electron chi connectivity index (χ1n) is 8.11. The Morgan fingerprint density at radius 2 is 1.65 bits per heavy atom. The second-order valence-electron chi connectivity index (χ2n) is 5.57. The van der Waals surface area contributed by atoms with Crippen LogP contribution in [-0.2, 0) is 11.3 Å². The average Bonchev–Trinajstić information content (AvgIpc) is 2.66. The van der Waals surface area contributed by atoms with Crippen molar-refractivity contribution in [1.29, 1.82) is 0 Å². The van der Waals surface area contributed by atoms with E-state index in [1.54, 1.807) is 49.5 Å². The fourth-order valence-corrected chi connectivity index (χ4v) is 2.37. The Morgan fingerprint density at radius 3 is 2.35 bits per heavy atom. The van der Waals surface area contributed by atoms with Crippen LogP contribution in [0, 0.1) is 0 Å². The summed E-state index contributed by atoms with van der Waals surface area (Å²) in [5.41, 5.74) is 1.85. The number of hydrogen-bond acceptors (Lipinski definition) is 3. The molecule has 0 aliphatic heterocycles. The van der Waals surface area contributed by atoms with Crippen molar-refractivity contribution in [2.45, 2.75) is 13.0 Å². The molecule has 0 saturated carbocycles. The van der Waals surface area contributed by atoms with Gasteiger partial charge in [0.2, 0.25) is 5.91 Å². The van der Waals surface area contributed by atoms with Crippen LogP contribution in [0.1, 0.15) is 32.7 Å². The lowest BCUT2D eigenvalue weighted by molar-refractivity contribution is -0.121. The van der Waals surface area contributed by atoms with Crippen LogP contribution in [-0.4, -0.2) is 31.3 Å². The molecule has 3 N–H and O–H groups in total. The summed E-state index contributed by atoms with van der Waals surface area (Å²) in [6.07, 6.45) is 0.161. The zero-order valence-electron chi connectivity index (χ0n) is 14.3. The van der Waals surface area contributed by atoms with Gasteiger partial charge in [-0.1, -0.05) is 23.7 Å². The van der Waals surface area contributed by atoms with Crippen molar-refractivity contribution in [3.8, 4) is 0 Å². The van der Waals surface area contributed by atoms with E-state index in [0.29, 0.717) is 22.7 Å². The minimum atomic E-state index is -0.257. The van der Waals surface area contributed by atoms with Gasteiger partial charge in [-0.25, -0.2) is 0 Å². The predicted molar refractivity (Wildman–Crippen MR) is 100 cm³/mol. The molecule has 0 unspecified atom stereocenters. The fraction of sp³-hybridized carbons (Fsp3) is 0.211. The van der Waals surface area contributed by atoms with Crippen LogP contribution in [0.3, 0.4) is 0 Å². The Labute approximate surface area is 156 Å². The van der Waals surface area contributed by atoms with E-state index < -0.39 is 0 Å². The van der Waals surface area contributed by atoms with Gasteiger partial charge in [-0.15, -0.1) is 0 Å². The molecule has 0 radical (unpaired) electrons. The lowest BCUT2D eigenvalue weighted by Crippen LogP contribution is -2.30. The van der Waals surface area contributed by atoms with Crippen LogP contribution in [0.4, 0.5) is 0 Å². The molecule has 7 heteroatoms. The van der Waals surface area contributed by atoms with Crippen LogP contribution in [0.25, 0.3) is 0 Å². The van der Waals surface area contributed by atoms with Gasteiger partial charge in [0.25, 0.3) is 11.8 Å². The third-order valence-electron chi connectivity index (χ3n) is 3.65. The molecule has 0 aliphatic rings. The maximum Gasteiger partial charge on any atom is 0.251 e. The van der Waals surface area contributed by atoms with Crippen molar-refractivity contribution in [3.05, 3.63) is 70.2 Å². The molecule has 0 saturated heterocycles. The molecular formula is C19H20ClN3O3. The van der Waals surface area contributed by atoms with E-state index in [2.05, 4.69) is 16.0 Å². The van der Waals surface area contributed by atoms with E-state index in [1.165, 1.54) is 0 Å². The second-order valence-corrected chi connectivity index (χ2v) is 6.01. The van der Waals surface area contributed by atoms with Gasteiger partial charge < -0.3 is 16.0 Å². The molecule has 0 fully saturated rings. The number of nitrogens with one attached hydrogen (secondary N) is 3. The SMILES string of the molecule is CNC(=O)c1cccc(CNC(=O)CCNC(=O)c2ccc(Cl)cc2)c1. The molecule has 2 rings (SSSR count). The van der Waals surface area contributed by atoms with Crippen molar-refractivity contribution in [2.75, 3.05) is 13.6 Å². The summed E-state index contributed by atoms with van der Waals surface area (Å²) in [4.78, 5) is 35.4. The number of amides is 3. The molecule has 0 aliphatic carbocycles. The van der Waals surface area contributed by atoms with E-state index in [-0.39, 0.29) is 30.7 Å². The van der Waals surface area contributed by atoms with Gasteiger partial charge in [-0.05, 0) is 42.0 Å². The first-order valence-corrected chi connectivity index (χ1v) is 8.49. The van der Waals surface area contributed by atoms with E-state index in [0.717, 1.165) is 5.56 Å². The van der Waals surface area contributed by atoms with Crippen molar-refractivity contribution in [3.63, 3.8) is 0 Å². The molecule has 26 heavy (non-hydrogen) atoms. The Bertz CT molecular complexity index is 791. The van der Waals surface area contributed by atoms with Gasteiger partial charge in [0, 0.05) is 42.7 Å². The van der Waals surface area contributed by atoms with E-state index in [1.807, 2.05) is 6.07 Å². The van der Waals surface area contributed by atoms with Crippen molar-refractivity contribution in [2.24, 2.45) is 0 Å². The number of benzene rings is 2. The number of rotatable bonds is 7. The highest BCUT2D eigenvalue weighted by molar-refractivity contribution is 6.30. The molecule has 2 aromatic rings. The number of hydrogen-bond donors (Lipinski definition) is 3. The molecule has 0 aromatic heterocycles. The third-order valence-corrected chi connectivity index (χ3v) is 3.90. The van der Waals surface area contributed by atoms with Gasteiger partial charge in [0.05, 0.1) is 0 Å². The zero-order valence-corrected chi connectivity index (χ0v) is 15.1. The monoisotopic (exact) mass is 373 g/mol. The van der Waals surface area contributed by atoms with E-state index in [9.17, 15) is 14.4 Å². The first kappa shape index (κ1) is 19.5. The largest absolute Gasteiger partial charge is 0.355 e. The summed E-state index contributed by atoms with van der Waals surface area (Å²) < 4.78 is 0. The molecule has 2 aromatic carbocycles. The minimum absolute atomic E-state index is 0.161. The normalized spacial score (nSPS) is 10.1. The van der Waals surface area contributed by atoms with Crippen LogP contribution in [0.2, 0.25) is 5.02 Å². The molecule has 0 atom stereocenters. The highest BCUT2D eigenvalue weighted by atomic mass is 35.5. The first-order chi connectivity index (χ1) is 12.5. The van der Waals surface area contributed by atoms with Gasteiger partial charge in [-0.3, -0.25) is 14.4 Å². The molecule has 6 nitrogen and oxygen atoms in total. The van der Waals surface area contributed by atoms with Crippen molar-refractivity contribution < 1.29 is 14.4 Å². The lowest BCUT2D eigenvalue weighted by atomic mass is 10.1. The Kier molecular flexibility index (Phi) is 7.17. The Balaban J connectivity index is 1.74.